The molecule has 2 rings (SSSR count). The highest BCUT2D eigenvalue weighted by atomic mass is 32.2. The largest absolute Gasteiger partial charge is 0.377 e. The van der Waals surface area contributed by atoms with Crippen LogP contribution < -0.4 is 5.32 Å². The van der Waals surface area contributed by atoms with E-state index in [2.05, 4.69) is 5.32 Å². The van der Waals surface area contributed by atoms with Crippen LogP contribution in [0.4, 0.5) is 11.4 Å². The molecule has 0 atom stereocenters. The van der Waals surface area contributed by atoms with E-state index in [1.165, 1.54) is 28.8 Å². The van der Waals surface area contributed by atoms with Gasteiger partial charge in [0.2, 0.25) is 10.0 Å². The van der Waals surface area contributed by atoms with E-state index >= 15 is 0 Å². The lowest BCUT2D eigenvalue weighted by molar-refractivity contribution is -0.384. The van der Waals surface area contributed by atoms with Gasteiger partial charge < -0.3 is 5.32 Å². The van der Waals surface area contributed by atoms with E-state index in [1.807, 2.05) is 6.07 Å². The molecule has 0 aromatic heterocycles. The molecule has 8 nitrogen and oxygen atoms in total. The molecule has 0 radical (unpaired) electrons. The summed E-state index contributed by atoms with van der Waals surface area (Å²) in [6, 6.07) is 6.03. The highest BCUT2D eigenvalue weighted by Gasteiger charge is 2.26. The number of nitro groups is 1. The van der Waals surface area contributed by atoms with Crippen molar-refractivity contribution in [3.63, 3.8) is 0 Å². The topological polar surface area (TPSA) is 116 Å². The lowest BCUT2D eigenvalue weighted by atomic mass is 10.1. The van der Waals surface area contributed by atoms with Crippen LogP contribution in [0.5, 0.6) is 0 Å². The second kappa shape index (κ2) is 6.29. The third kappa shape index (κ3) is 3.72. The summed E-state index contributed by atoms with van der Waals surface area (Å²) in [6.07, 6.45) is 2.28. The number of piperidine rings is 1. The Balaban J connectivity index is 2.12. The molecule has 1 aromatic rings. The van der Waals surface area contributed by atoms with Crippen LogP contribution in [0.3, 0.4) is 0 Å². The van der Waals surface area contributed by atoms with Gasteiger partial charge in [-0.25, -0.2) is 12.7 Å². The molecule has 1 aromatic carbocycles. The number of nitrogens with one attached hydrogen (secondary N) is 1. The lowest BCUT2D eigenvalue weighted by Gasteiger charge is -2.31. The first kappa shape index (κ1) is 16.2. The maximum absolute atomic E-state index is 11.5. The van der Waals surface area contributed by atoms with Gasteiger partial charge in [-0.3, -0.25) is 10.1 Å². The Hall–Kier alpha value is -2.18. The Bertz CT molecular complexity index is 718. The molecule has 0 unspecified atom stereocenters. The molecule has 1 aliphatic rings. The SMILES string of the molecule is CS(=O)(=O)N1CCC(Nc2cc(C#N)ccc2[N+](=O)[O-])CC1. The van der Waals surface area contributed by atoms with Crippen molar-refractivity contribution >= 4 is 21.4 Å². The van der Waals surface area contributed by atoms with Crippen molar-refractivity contribution in [2.24, 2.45) is 0 Å². The normalized spacial score (nSPS) is 16.9. The van der Waals surface area contributed by atoms with Crippen LogP contribution in [0.15, 0.2) is 18.2 Å². The Labute approximate surface area is 128 Å². The molecular weight excluding hydrogens is 308 g/mol. The van der Waals surface area contributed by atoms with Crippen molar-refractivity contribution in [3.8, 4) is 6.07 Å². The number of hydrogen-bond acceptors (Lipinski definition) is 6. The number of anilines is 1. The Kier molecular flexibility index (Phi) is 4.63. The average Bonchev–Trinajstić information content (AvgIpc) is 2.46. The van der Waals surface area contributed by atoms with Crippen molar-refractivity contribution in [2.75, 3.05) is 24.7 Å². The molecule has 0 spiro atoms. The van der Waals surface area contributed by atoms with E-state index in [1.54, 1.807) is 0 Å². The molecule has 1 saturated heterocycles. The minimum atomic E-state index is -3.20. The van der Waals surface area contributed by atoms with Crippen LogP contribution in [0.1, 0.15) is 18.4 Å². The van der Waals surface area contributed by atoms with E-state index in [4.69, 9.17) is 5.26 Å². The van der Waals surface area contributed by atoms with Crippen molar-refractivity contribution < 1.29 is 13.3 Å². The fourth-order valence-electron chi connectivity index (χ4n) is 2.43. The smallest absolute Gasteiger partial charge is 0.292 e. The maximum atomic E-state index is 11.5. The van der Waals surface area contributed by atoms with Crippen molar-refractivity contribution in [1.29, 1.82) is 5.26 Å². The monoisotopic (exact) mass is 324 g/mol. The van der Waals surface area contributed by atoms with Gasteiger partial charge in [0, 0.05) is 25.2 Å². The van der Waals surface area contributed by atoms with Gasteiger partial charge in [-0.05, 0) is 25.0 Å². The Morgan fingerprint density at radius 3 is 2.55 bits per heavy atom. The minimum Gasteiger partial charge on any atom is -0.377 e. The number of nitrogens with zero attached hydrogens (tertiary/aromatic N) is 3. The van der Waals surface area contributed by atoms with Crippen LogP contribution in [-0.2, 0) is 10.0 Å². The minimum absolute atomic E-state index is 0.0642. The molecule has 1 heterocycles. The summed E-state index contributed by atoms with van der Waals surface area (Å²) in [4.78, 5) is 10.5. The van der Waals surface area contributed by atoms with Crippen LogP contribution in [0.2, 0.25) is 0 Å². The van der Waals surface area contributed by atoms with Gasteiger partial charge in [0.25, 0.3) is 5.69 Å². The fraction of sp³-hybridized carbons (Fsp3) is 0.462. The van der Waals surface area contributed by atoms with Crippen LogP contribution in [0, 0.1) is 21.4 Å². The van der Waals surface area contributed by atoms with Crippen molar-refractivity contribution in [1.82, 2.24) is 4.31 Å². The number of rotatable bonds is 4. The first-order valence-corrected chi connectivity index (χ1v) is 8.56. The number of hydrogen-bond donors (Lipinski definition) is 1. The zero-order valence-corrected chi connectivity index (χ0v) is 12.8. The molecule has 9 heteroatoms. The zero-order chi connectivity index (χ0) is 16.3. The van der Waals surface area contributed by atoms with Gasteiger partial charge >= 0.3 is 0 Å². The number of sulfonamides is 1. The highest BCUT2D eigenvalue weighted by molar-refractivity contribution is 7.88. The third-order valence-electron chi connectivity index (χ3n) is 3.60. The molecule has 0 aliphatic carbocycles. The molecule has 22 heavy (non-hydrogen) atoms. The Morgan fingerprint density at radius 1 is 1.41 bits per heavy atom. The zero-order valence-electron chi connectivity index (χ0n) is 12.0. The number of benzene rings is 1. The molecule has 118 valence electrons. The quantitative estimate of drug-likeness (QED) is 0.659. The second-order valence-corrected chi connectivity index (χ2v) is 7.16. The summed E-state index contributed by atoms with van der Waals surface area (Å²) < 4.78 is 24.3. The number of nitriles is 1. The van der Waals surface area contributed by atoms with E-state index in [-0.39, 0.29) is 11.7 Å². The molecule has 0 amide bonds. The van der Waals surface area contributed by atoms with Gasteiger partial charge in [0.15, 0.2) is 0 Å². The second-order valence-electron chi connectivity index (χ2n) is 5.18. The van der Waals surface area contributed by atoms with Gasteiger partial charge in [-0.15, -0.1) is 0 Å². The van der Waals surface area contributed by atoms with Crippen LogP contribution >= 0.6 is 0 Å². The summed E-state index contributed by atoms with van der Waals surface area (Å²) >= 11 is 0. The lowest BCUT2D eigenvalue weighted by Crippen LogP contribution is -2.41. The average molecular weight is 324 g/mol. The summed E-state index contributed by atoms with van der Waals surface area (Å²) in [5, 5.41) is 23.0. The maximum Gasteiger partial charge on any atom is 0.292 e. The predicted octanol–water partition coefficient (Wildman–Crippen LogP) is 1.30. The fourth-order valence-corrected chi connectivity index (χ4v) is 3.31. The summed E-state index contributed by atoms with van der Waals surface area (Å²) in [6.45, 7) is 0.754. The molecular formula is C13H16N4O4S. The van der Waals surface area contributed by atoms with Crippen LogP contribution in [-0.4, -0.2) is 43.0 Å². The summed E-state index contributed by atoms with van der Waals surface area (Å²) in [5.74, 6) is 0. The number of nitro benzene ring substituents is 1. The highest BCUT2D eigenvalue weighted by Crippen LogP contribution is 2.28. The molecule has 1 fully saturated rings. The summed E-state index contributed by atoms with van der Waals surface area (Å²) in [7, 11) is -3.20. The van der Waals surface area contributed by atoms with Crippen molar-refractivity contribution in [2.45, 2.75) is 18.9 Å². The van der Waals surface area contributed by atoms with Gasteiger partial charge in [0.05, 0.1) is 22.8 Å². The third-order valence-corrected chi connectivity index (χ3v) is 4.91. The molecule has 1 N–H and O–H groups in total. The van der Waals surface area contributed by atoms with Gasteiger partial charge in [-0.2, -0.15) is 5.26 Å². The van der Waals surface area contributed by atoms with E-state index in [0.717, 1.165) is 0 Å². The predicted molar refractivity (Wildman–Crippen MR) is 80.9 cm³/mol. The first-order chi connectivity index (χ1) is 10.3. The van der Waals surface area contributed by atoms with E-state index < -0.39 is 14.9 Å². The Morgan fingerprint density at radius 2 is 2.05 bits per heavy atom. The van der Waals surface area contributed by atoms with E-state index in [9.17, 15) is 18.5 Å². The summed E-state index contributed by atoms with van der Waals surface area (Å²) in [5.41, 5.74) is 0.535. The van der Waals surface area contributed by atoms with Gasteiger partial charge in [-0.1, -0.05) is 0 Å². The van der Waals surface area contributed by atoms with Crippen LogP contribution in [0.25, 0.3) is 0 Å². The first-order valence-electron chi connectivity index (χ1n) is 6.71. The van der Waals surface area contributed by atoms with Gasteiger partial charge in [0.1, 0.15) is 5.69 Å². The standard InChI is InChI=1S/C13H16N4O4S/c1-22(20,21)16-6-4-11(5-7-16)15-12-8-10(9-14)2-3-13(12)17(18)19/h2-3,8,11,15H,4-7H2,1H3. The molecule has 0 saturated carbocycles. The van der Waals surface area contributed by atoms with Crippen molar-refractivity contribution in [3.05, 3.63) is 33.9 Å². The van der Waals surface area contributed by atoms with E-state index in [0.29, 0.717) is 37.2 Å². The molecule has 0 bridgehead atoms. The molecule has 1 aliphatic heterocycles.